The number of nitrogens with zero attached hydrogens (tertiary/aromatic N) is 1. The maximum atomic E-state index is 14.1. The lowest BCUT2D eigenvalue weighted by Gasteiger charge is -2.29. The zero-order chi connectivity index (χ0) is 47.4. The SMILES string of the molecule is CC(C)C[C@H](NC(=O)[C@H](CC(C)C)NC(=O)[C@H](Cc1ccccc1)NC(=O)[C@H](CS)NC(=O)[C@@H]1CCCN1C(=O)[C@@H](N)CS)C(=O)NCC(=O)N[C@@H](CS)C(=O)N[C@@H](CS)C(=O)O. The van der Waals surface area contributed by atoms with Gasteiger partial charge in [0.2, 0.25) is 47.3 Å². The quantitative estimate of drug-likeness (QED) is 0.0473. The molecule has 1 aliphatic heterocycles. The third-order valence-electron chi connectivity index (χ3n) is 9.82. The number of amides is 8. The van der Waals surface area contributed by atoms with Crippen LogP contribution in [-0.4, -0.2) is 148 Å². The first-order chi connectivity index (χ1) is 29.8. The number of nitrogens with one attached hydrogen (secondary N) is 7. The molecule has 0 bridgehead atoms. The highest BCUT2D eigenvalue weighted by atomic mass is 32.1. The van der Waals surface area contributed by atoms with Gasteiger partial charge in [0, 0.05) is 36.0 Å². The van der Waals surface area contributed by atoms with E-state index >= 15 is 0 Å². The van der Waals surface area contributed by atoms with Gasteiger partial charge in [0.05, 0.1) is 12.6 Å². The molecule has 1 heterocycles. The van der Waals surface area contributed by atoms with Crippen LogP contribution in [0.15, 0.2) is 30.3 Å². The van der Waals surface area contributed by atoms with Crippen LogP contribution in [0, 0.1) is 11.8 Å². The molecule has 0 saturated carbocycles. The largest absolute Gasteiger partial charge is 0.480 e. The van der Waals surface area contributed by atoms with Crippen LogP contribution in [0.5, 0.6) is 0 Å². The van der Waals surface area contributed by atoms with E-state index in [4.69, 9.17) is 5.73 Å². The maximum Gasteiger partial charge on any atom is 0.327 e. The monoisotopic (exact) mass is 957 g/mol. The Bertz CT molecular complexity index is 1750. The summed E-state index contributed by atoms with van der Waals surface area (Å²) < 4.78 is 0. The fraction of sp³-hybridized carbons (Fsp3) is 0.625. The molecule has 1 aromatic rings. The lowest BCUT2D eigenvalue weighted by atomic mass is 9.99. The van der Waals surface area contributed by atoms with E-state index in [0.717, 1.165) is 0 Å². The van der Waals surface area contributed by atoms with Crippen molar-refractivity contribution in [3.63, 3.8) is 0 Å². The van der Waals surface area contributed by atoms with Crippen molar-refractivity contribution in [3.05, 3.63) is 35.9 Å². The van der Waals surface area contributed by atoms with Gasteiger partial charge in [0.25, 0.3) is 0 Å². The Kier molecular flexibility index (Phi) is 24.3. The zero-order valence-electron chi connectivity index (χ0n) is 35.9. The predicted molar refractivity (Wildman–Crippen MR) is 249 cm³/mol. The fourth-order valence-corrected chi connectivity index (χ4v) is 7.44. The number of carbonyl (C=O) groups excluding carboxylic acids is 8. The molecule has 1 aromatic carbocycles. The topological polar surface area (TPSA) is 287 Å². The zero-order valence-corrected chi connectivity index (χ0v) is 39.5. The van der Waals surface area contributed by atoms with E-state index in [-0.39, 0.29) is 54.1 Å². The molecule has 8 amide bonds. The third kappa shape index (κ3) is 18.4. The van der Waals surface area contributed by atoms with E-state index < -0.39 is 108 Å². The van der Waals surface area contributed by atoms with Crippen LogP contribution in [0.1, 0.15) is 58.9 Å². The number of thiol groups is 4. The molecule has 1 aliphatic rings. The summed E-state index contributed by atoms with van der Waals surface area (Å²) in [4.78, 5) is 119. The van der Waals surface area contributed by atoms with Crippen LogP contribution >= 0.6 is 50.5 Å². The first-order valence-electron chi connectivity index (χ1n) is 20.6. The Morgan fingerprint density at radius 3 is 1.63 bits per heavy atom. The molecule has 0 aromatic heterocycles. The van der Waals surface area contributed by atoms with E-state index in [1.807, 2.05) is 27.7 Å². The van der Waals surface area contributed by atoms with Gasteiger partial charge in [-0.1, -0.05) is 58.0 Å². The van der Waals surface area contributed by atoms with Crippen molar-refractivity contribution in [2.75, 3.05) is 36.1 Å². The summed E-state index contributed by atoms with van der Waals surface area (Å²) in [5.74, 6) is -7.51. The number of aliphatic carboxylic acids is 1. The molecular formula is C40H63N9O10S4. The van der Waals surface area contributed by atoms with Crippen LogP contribution in [-0.2, 0) is 49.6 Å². The fourth-order valence-electron chi connectivity index (χ4n) is 6.53. The van der Waals surface area contributed by atoms with Crippen molar-refractivity contribution in [1.82, 2.24) is 42.1 Å². The van der Waals surface area contributed by atoms with Gasteiger partial charge in [-0.3, -0.25) is 38.4 Å². The van der Waals surface area contributed by atoms with E-state index in [1.165, 1.54) is 4.90 Å². The van der Waals surface area contributed by atoms with Gasteiger partial charge >= 0.3 is 5.97 Å². The molecule has 0 unspecified atom stereocenters. The number of carbonyl (C=O) groups is 9. The third-order valence-corrected chi connectivity index (χ3v) is 11.3. The summed E-state index contributed by atoms with van der Waals surface area (Å²) in [6.45, 7) is 7.01. The molecule has 23 heteroatoms. The van der Waals surface area contributed by atoms with Crippen LogP contribution in [0.25, 0.3) is 0 Å². The molecule has 352 valence electrons. The highest BCUT2D eigenvalue weighted by Gasteiger charge is 2.38. The minimum absolute atomic E-state index is 0.000297. The van der Waals surface area contributed by atoms with Gasteiger partial charge in [0.1, 0.15) is 42.3 Å². The summed E-state index contributed by atoms with van der Waals surface area (Å²) in [5.41, 5.74) is 6.56. The van der Waals surface area contributed by atoms with Crippen molar-refractivity contribution < 1.29 is 48.3 Å². The number of hydrogen-bond acceptors (Lipinski definition) is 14. The predicted octanol–water partition coefficient (Wildman–Crippen LogP) is -1.53. The summed E-state index contributed by atoms with van der Waals surface area (Å²) in [6, 6.07) is -0.296. The first kappa shape index (κ1) is 54.9. The minimum Gasteiger partial charge on any atom is -0.480 e. The average molecular weight is 958 g/mol. The smallest absolute Gasteiger partial charge is 0.327 e. The molecule has 2 rings (SSSR count). The number of rotatable bonds is 26. The average Bonchev–Trinajstić information content (AvgIpc) is 3.74. The lowest BCUT2D eigenvalue weighted by molar-refractivity contribution is -0.141. The first-order valence-corrected chi connectivity index (χ1v) is 23.1. The summed E-state index contributed by atoms with van der Waals surface area (Å²) >= 11 is 16.3. The van der Waals surface area contributed by atoms with Gasteiger partial charge < -0.3 is 53.0 Å². The second-order valence-electron chi connectivity index (χ2n) is 16.0. The Morgan fingerprint density at radius 2 is 1.13 bits per heavy atom. The molecule has 10 N–H and O–H groups in total. The van der Waals surface area contributed by atoms with Crippen LogP contribution in [0.3, 0.4) is 0 Å². The van der Waals surface area contributed by atoms with E-state index in [0.29, 0.717) is 24.9 Å². The Hall–Kier alpha value is -4.19. The number of likely N-dealkylation sites (tertiary alicyclic amines) is 1. The van der Waals surface area contributed by atoms with Crippen LogP contribution in [0.2, 0.25) is 0 Å². The minimum atomic E-state index is -1.32. The van der Waals surface area contributed by atoms with Gasteiger partial charge in [0.15, 0.2) is 0 Å². The molecular weight excluding hydrogens is 895 g/mol. The second kappa shape index (κ2) is 27.9. The number of nitrogens with two attached hydrogens (primary N) is 1. The molecule has 0 aliphatic carbocycles. The standard InChI is InChI=1S/C40H63N9O10S4/c1-21(2)13-25(33(51)42-16-32(50)43-28(18-61)36(54)48-30(20-63)40(58)59)44-34(52)26(14-22(3)4)45-35(53)27(15-23-9-6-5-7-10-23)46-37(55)29(19-62)47-38(56)31-11-8-12-49(31)39(57)24(41)17-60/h5-7,9-10,21-22,24-31,60-63H,8,11-20,41H2,1-4H3,(H,42,51)(H,43,50)(H,44,52)(H,45,53)(H,46,55)(H,47,56)(H,48,54)(H,58,59)/t24-,25-,26-,27-,28-,29-,30-,31-/m0/s1. The van der Waals surface area contributed by atoms with Crippen molar-refractivity contribution in [3.8, 4) is 0 Å². The Balaban J connectivity index is 2.24. The van der Waals surface area contributed by atoms with Gasteiger partial charge in [-0.15, -0.1) is 0 Å². The van der Waals surface area contributed by atoms with Crippen LogP contribution in [0.4, 0.5) is 0 Å². The molecule has 0 radical (unpaired) electrons. The summed E-state index contributed by atoms with van der Waals surface area (Å²) in [7, 11) is 0. The Labute approximate surface area is 390 Å². The molecule has 19 nitrogen and oxygen atoms in total. The van der Waals surface area contributed by atoms with Crippen molar-refractivity contribution in [2.45, 2.75) is 108 Å². The molecule has 1 fully saturated rings. The molecule has 8 atom stereocenters. The molecule has 63 heavy (non-hydrogen) atoms. The van der Waals surface area contributed by atoms with Crippen molar-refractivity contribution >= 4 is 104 Å². The lowest BCUT2D eigenvalue weighted by Crippen LogP contribution is -2.60. The van der Waals surface area contributed by atoms with E-state index in [2.05, 4.69) is 87.7 Å². The summed E-state index contributed by atoms with van der Waals surface area (Å²) in [5, 5.41) is 27.1. The number of carboxylic acid groups (broad SMARTS) is 1. The van der Waals surface area contributed by atoms with Crippen molar-refractivity contribution in [2.24, 2.45) is 17.6 Å². The van der Waals surface area contributed by atoms with Gasteiger partial charge in [-0.2, -0.15) is 50.5 Å². The Morgan fingerprint density at radius 1 is 0.651 bits per heavy atom. The molecule has 0 spiro atoms. The summed E-state index contributed by atoms with van der Waals surface area (Å²) in [6.07, 6.45) is 1.19. The van der Waals surface area contributed by atoms with Gasteiger partial charge in [-0.25, -0.2) is 4.79 Å². The maximum absolute atomic E-state index is 14.1. The van der Waals surface area contributed by atoms with E-state index in [1.54, 1.807) is 30.3 Å². The number of carboxylic acids is 1. The highest BCUT2D eigenvalue weighted by Crippen LogP contribution is 2.19. The van der Waals surface area contributed by atoms with Crippen LogP contribution < -0.4 is 43.0 Å². The number of hydrogen-bond donors (Lipinski definition) is 13. The number of benzene rings is 1. The van der Waals surface area contributed by atoms with Gasteiger partial charge in [-0.05, 0) is 43.1 Å². The van der Waals surface area contributed by atoms with E-state index in [9.17, 15) is 48.3 Å². The van der Waals surface area contributed by atoms with Crippen molar-refractivity contribution in [1.29, 1.82) is 0 Å². The normalized spacial score (nSPS) is 16.9. The highest BCUT2D eigenvalue weighted by molar-refractivity contribution is 7.80. The molecule has 1 saturated heterocycles. The second-order valence-corrected chi connectivity index (χ2v) is 17.4.